The van der Waals surface area contributed by atoms with Crippen LogP contribution < -0.4 is 48.5 Å². The van der Waals surface area contributed by atoms with Gasteiger partial charge in [0.1, 0.15) is 57.6 Å². The Morgan fingerprint density at radius 1 is 0.370 bits per heavy atom. The summed E-state index contributed by atoms with van der Waals surface area (Å²) in [7, 11) is 12.4. The third-order valence-corrected chi connectivity index (χ3v) is 13.9. The molecule has 2 aromatic carbocycles. The largest absolute Gasteiger partial charge is 0.496 e. The number of amides is 2. The molecule has 0 unspecified atom stereocenters. The molecule has 0 saturated heterocycles. The number of benzene rings is 2. The highest BCUT2D eigenvalue weighted by Gasteiger charge is 2.24. The number of halogens is 4. The monoisotopic (exact) mass is 1390 g/mol. The number of pyridine rings is 4. The van der Waals surface area contributed by atoms with Gasteiger partial charge in [-0.3, -0.25) is 28.3 Å². The lowest BCUT2D eigenvalue weighted by molar-refractivity contribution is 0.0584. The van der Waals surface area contributed by atoms with Crippen molar-refractivity contribution in [3.63, 3.8) is 0 Å². The lowest BCUT2D eigenvalue weighted by atomic mass is 10.1. The van der Waals surface area contributed by atoms with E-state index >= 15 is 0 Å². The molecule has 0 fully saturated rings. The molecule has 8 aromatic heterocycles. The first-order chi connectivity index (χ1) is 48.1. The van der Waals surface area contributed by atoms with Crippen LogP contribution in [0.3, 0.4) is 0 Å². The summed E-state index contributed by atoms with van der Waals surface area (Å²) in [5.41, 5.74) is 4.49. The van der Waals surface area contributed by atoms with Gasteiger partial charge in [0.2, 0.25) is 23.5 Å². The van der Waals surface area contributed by atoms with Gasteiger partial charge >= 0.3 is 11.9 Å². The van der Waals surface area contributed by atoms with E-state index in [0.29, 0.717) is 126 Å². The maximum atomic E-state index is 13.8. The Morgan fingerprint density at radius 2 is 0.620 bits per heavy atom. The molecule has 0 radical (unpaired) electrons. The van der Waals surface area contributed by atoms with E-state index in [2.05, 4.69) is 60.4 Å². The topological polar surface area (TPSA) is 307 Å². The zero-order chi connectivity index (χ0) is 72.7. The van der Waals surface area contributed by atoms with E-state index in [1.165, 1.54) is 55.0 Å². The highest BCUT2D eigenvalue weighted by molar-refractivity contribution is 6.04. The van der Waals surface area contributed by atoms with Gasteiger partial charge in [0.15, 0.2) is 22.8 Å². The molecule has 10 aromatic rings. The number of aryl methyl sites for hydroxylation is 4. The molecule has 0 aliphatic carbocycles. The van der Waals surface area contributed by atoms with Crippen LogP contribution in [0, 0.1) is 23.3 Å². The van der Waals surface area contributed by atoms with Crippen molar-refractivity contribution >= 4 is 35.1 Å². The van der Waals surface area contributed by atoms with Crippen molar-refractivity contribution in [2.75, 3.05) is 78.7 Å². The molecule has 0 saturated carbocycles. The standard InChI is InChI=1S/C20H20F2N4O3.C19H18F2N4O3.C15H19N3O4.C14H17N3O4/c1-4-28-17-10-18(29-5-2)23-11-12(17)16-9-15(25-26(16)3)20(27)24-19-13(21)7-6-8-14(19)22;1-4-28-17-9-16(27-3)11(10-22-17)15-8-14(24-25(15)2)19(26)23-18-12(20)6-5-7-13(18)21;1-5-21-13-8-14(22-6-2)16-9-10(13)12-7-11(15(19)20-4)17-18(12)3;1-5-21-13-7-12(19-3)9(8-15-13)11-6-10(14(18)20-4)16-17(11)2/h6-11H,4-5H2,1-3H3,(H,24,27);5-10H,4H2,1-3H3,(H,23,26);7-9H,5-6H2,1-4H3;6-8H,5H2,1-4H3. The first-order valence-electron chi connectivity index (χ1n) is 30.8. The van der Waals surface area contributed by atoms with E-state index in [1.807, 2.05) is 41.5 Å². The SMILES string of the molecule is CCOc1cc(OC)c(-c2cc(C(=O)Nc3c(F)cccc3F)nn2C)cn1.CCOc1cc(OC)c(-c2cc(C(=O)OC)nn2C)cn1.CCOc1cc(OCC)c(-c2cc(C(=O)Nc3c(F)cccc3F)nn2C)cn1.CCOc1cc(OCC)c(-c2cc(C(=O)OC)nn2C)cn1. The number of para-hydroxylation sites is 2. The van der Waals surface area contributed by atoms with E-state index in [-0.39, 0.29) is 22.8 Å². The minimum Gasteiger partial charge on any atom is -0.496 e. The Kier molecular flexibility index (Phi) is 26.9. The van der Waals surface area contributed by atoms with Gasteiger partial charge in [-0.2, -0.15) is 20.4 Å². The van der Waals surface area contributed by atoms with E-state index in [9.17, 15) is 36.7 Å². The number of methoxy groups -OCH3 is 4. The summed E-state index contributed by atoms with van der Waals surface area (Å²) < 4.78 is 114. The lowest BCUT2D eigenvalue weighted by Gasteiger charge is -2.11. The second kappa shape index (κ2) is 35.7. The molecular formula is C68H74F4N14O14. The molecule has 2 N–H and O–H groups in total. The van der Waals surface area contributed by atoms with Gasteiger partial charge in [-0.15, -0.1) is 0 Å². The summed E-state index contributed by atoms with van der Waals surface area (Å²) >= 11 is 0. The number of rotatable bonds is 24. The Morgan fingerprint density at radius 3 is 0.880 bits per heavy atom. The maximum absolute atomic E-state index is 13.8. The molecule has 0 aliphatic rings. The molecule has 100 heavy (non-hydrogen) atoms. The number of carbonyl (C=O) groups excluding carboxylic acids is 4. The van der Waals surface area contributed by atoms with Crippen LogP contribution >= 0.6 is 0 Å². The summed E-state index contributed by atoms with van der Waals surface area (Å²) in [6, 6.07) is 19.6. The zero-order valence-electron chi connectivity index (χ0n) is 57.2. The van der Waals surface area contributed by atoms with Gasteiger partial charge in [-0.1, -0.05) is 12.1 Å². The van der Waals surface area contributed by atoms with Crippen molar-refractivity contribution in [2.24, 2.45) is 28.2 Å². The van der Waals surface area contributed by atoms with Gasteiger partial charge in [0.25, 0.3) is 11.8 Å². The number of nitrogens with one attached hydrogen (secondary N) is 2. The van der Waals surface area contributed by atoms with Crippen LogP contribution in [0.1, 0.15) is 83.5 Å². The number of hydrogen-bond donors (Lipinski definition) is 2. The molecule has 8 heterocycles. The minimum atomic E-state index is -0.873. The second-order valence-electron chi connectivity index (χ2n) is 20.3. The third-order valence-electron chi connectivity index (χ3n) is 13.9. The molecule has 0 aliphatic heterocycles. The summed E-state index contributed by atoms with van der Waals surface area (Å²) in [4.78, 5) is 64.9. The Bertz CT molecular complexity index is 4440. The number of aromatic nitrogens is 12. The van der Waals surface area contributed by atoms with Crippen molar-refractivity contribution in [1.82, 2.24) is 59.1 Å². The van der Waals surface area contributed by atoms with E-state index in [0.717, 1.165) is 29.8 Å². The Hall–Kier alpha value is -12.1. The highest BCUT2D eigenvalue weighted by Crippen LogP contribution is 2.37. The zero-order valence-corrected chi connectivity index (χ0v) is 57.2. The van der Waals surface area contributed by atoms with Crippen molar-refractivity contribution in [1.29, 1.82) is 0 Å². The fraction of sp³-hybridized carbons (Fsp3) is 0.294. The maximum Gasteiger partial charge on any atom is 0.358 e. The average Bonchev–Trinajstić information content (AvgIpc) is 1.54. The summed E-state index contributed by atoms with van der Waals surface area (Å²) in [6.45, 7) is 14.1. The van der Waals surface area contributed by atoms with Crippen molar-refractivity contribution in [3.05, 3.63) is 156 Å². The van der Waals surface area contributed by atoms with E-state index < -0.39 is 58.4 Å². The van der Waals surface area contributed by atoms with Crippen LogP contribution in [0.25, 0.3) is 45.0 Å². The van der Waals surface area contributed by atoms with Gasteiger partial charge in [0.05, 0.1) is 113 Å². The van der Waals surface area contributed by atoms with Gasteiger partial charge < -0.3 is 58.0 Å². The summed E-state index contributed by atoms with van der Waals surface area (Å²) in [6.07, 6.45) is 6.38. The molecule has 28 nitrogen and oxygen atoms in total. The Labute approximate surface area is 572 Å². The highest BCUT2D eigenvalue weighted by atomic mass is 19.1. The number of carbonyl (C=O) groups is 4. The number of nitrogens with zero attached hydrogens (tertiary/aromatic N) is 12. The second-order valence-corrected chi connectivity index (χ2v) is 20.3. The van der Waals surface area contributed by atoms with Crippen molar-refractivity contribution < 1.29 is 84.1 Å². The lowest BCUT2D eigenvalue weighted by Crippen LogP contribution is -2.15. The van der Waals surface area contributed by atoms with E-state index in [1.54, 1.807) is 106 Å². The van der Waals surface area contributed by atoms with Crippen LogP contribution in [0.4, 0.5) is 28.9 Å². The van der Waals surface area contributed by atoms with E-state index in [4.69, 9.17) is 37.9 Å². The van der Waals surface area contributed by atoms with Crippen molar-refractivity contribution in [2.45, 2.75) is 41.5 Å². The number of hydrogen-bond acceptors (Lipinski definition) is 22. The third kappa shape index (κ3) is 18.7. The van der Waals surface area contributed by atoms with Crippen LogP contribution in [-0.2, 0) is 37.7 Å². The summed E-state index contributed by atoms with van der Waals surface area (Å²) in [5.74, 6) is -1.96. The van der Waals surface area contributed by atoms with Crippen LogP contribution in [0.2, 0.25) is 0 Å². The van der Waals surface area contributed by atoms with Crippen molar-refractivity contribution in [3.8, 4) is 91.5 Å². The van der Waals surface area contributed by atoms with Gasteiger partial charge in [-0.05, 0) is 90.1 Å². The first kappa shape index (κ1) is 75.3. The normalized spacial score (nSPS) is 10.5. The van der Waals surface area contributed by atoms with Crippen LogP contribution in [0.5, 0.6) is 46.5 Å². The first-order valence-corrected chi connectivity index (χ1v) is 30.8. The molecule has 0 bridgehead atoms. The van der Waals surface area contributed by atoms with Crippen LogP contribution in [0.15, 0.2) is 110 Å². The summed E-state index contributed by atoms with van der Waals surface area (Å²) in [5, 5.41) is 21.0. The molecule has 0 atom stereocenters. The average molecular weight is 1390 g/mol. The smallest absolute Gasteiger partial charge is 0.358 e. The van der Waals surface area contributed by atoms with Gasteiger partial charge in [-0.25, -0.2) is 47.1 Å². The number of anilines is 2. The predicted molar refractivity (Wildman–Crippen MR) is 357 cm³/mol. The number of esters is 2. The Balaban J connectivity index is 0.000000189. The fourth-order valence-electron chi connectivity index (χ4n) is 9.34. The predicted octanol–water partition coefficient (Wildman–Crippen LogP) is 11.0. The molecule has 528 valence electrons. The molecular weight excluding hydrogens is 1310 g/mol. The molecule has 32 heteroatoms. The minimum absolute atomic E-state index is 0.0125. The van der Waals surface area contributed by atoms with Crippen LogP contribution in [-0.4, -0.2) is 151 Å². The molecule has 10 rings (SSSR count). The molecule has 0 spiro atoms. The molecule has 2 amide bonds. The quantitative estimate of drug-likeness (QED) is 0.0419. The number of ether oxygens (including phenoxy) is 10. The fourth-order valence-corrected chi connectivity index (χ4v) is 9.34. The van der Waals surface area contributed by atoms with Gasteiger partial charge in [0, 0.05) is 77.2 Å².